The zero-order chi connectivity index (χ0) is 20.2. The van der Waals surface area contributed by atoms with E-state index in [0.717, 1.165) is 43.7 Å². The maximum Gasteiger partial charge on any atom is 0.331 e. The number of aryl methyl sites for hydroxylation is 1. The molecule has 0 aromatic heterocycles. The monoisotopic (exact) mass is 393 g/mol. The number of rotatable bonds is 5. The molecule has 2 aliphatic rings. The van der Waals surface area contributed by atoms with Crippen molar-refractivity contribution in [3.8, 4) is 5.75 Å². The van der Waals surface area contributed by atoms with E-state index in [1.807, 2.05) is 31.2 Å². The standard InChI is InChI=1S/C23H27N3O3/c1-17-7-8-20-21(13-17)29-23(28)16-26(20)15-22(27)24-19-9-11-25(12-10-19)14-18-5-3-2-4-6-18/h2-8,13,19H,9-12,14-16H2,1H3,(H,24,27). The van der Waals surface area contributed by atoms with Gasteiger partial charge < -0.3 is 15.0 Å². The van der Waals surface area contributed by atoms with Crippen LogP contribution in [0.15, 0.2) is 48.5 Å². The Morgan fingerprint density at radius 3 is 2.66 bits per heavy atom. The lowest BCUT2D eigenvalue weighted by molar-refractivity contribution is -0.133. The zero-order valence-corrected chi connectivity index (χ0v) is 16.8. The summed E-state index contributed by atoms with van der Waals surface area (Å²) in [7, 11) is 0. The summed E-state index contributed by atoms with van der Waals surface area (Å²) in [6, 6.07) is 16.4. The first-order chi connectivity index (χ1) is 14.1. The fourth-order valence-electron chi connectivity index (χ4n) is 4.03. The molecule has 6 nitrogen and oxygen atoms in total. The largest absolute Gasteiger partial charge is 0.423 e. The zero-order valence-electron chi connectivity index (χ0n) is 16.8. The van der Waals surface area contributed by atoms with Crippen LogP contribution in [0.5, 0.6) is 5.75 Å². The van der Waals surface area contributed by atoms with Crippen molar-refractivity contribution in [2.45, 2.75) is 32.4 Å². The molecule has 1 N–H and O–H groups in total. The smallest absolute Gasteiger partial charge is 0.331 e. The van der Waals surface area contributed by atoms with Gasteiger partial charge in [0.2, 0.25) is 5.91 Å². The van der Waals surface area contributed by atoms with E-state index in [1.54, 1.807) is 4.90 Å². The van der Waals surface area contributed by atoms with Gasteiger partial charge in [0.15, 0.2) is 5.75 Å². The summed E-state index contributed by atoms with van der Waals surface area (Å²) in [6.45, 7) is 5.10. The molecule has 2 aromatic rings. The van der Waals surface area contributed by atoms with Crippen LogP contribution in [0.1, 0.15) is 24.0 Å². The van der Waals surface area contributed by atoms with Crippen molar-refractivity contribution >= 4 is 17.6 Å². The molecule has 152 valence electrons. The van der Waals surface area contributed by atoms with Crippen molar-refractivity contribution in [3.05, 3.63) is 59.7 Å². The minimum Gasteiger partial charge on any atom is -0.423 e. The maximum atomic E-state index is 12.6. The average molecular weight is 393 g/mol. The highest BCUT2D eigenvalue weighted by atomic mass is 16.5. The molecule has 2 aliphatic heterocycles. The van der Waals surface area contributed by atoms with Crippen LogP contribution in [0.25, 0.3) is 0 Å². The van der Waals surface area contributed by atoms with Crippen molar-refractivity contribution in [1.29, 1.82) is 0 Å². The molecule has 0 spiro atoms. The summed E-state index contributed by atoms with van der Waals surface area (Å²) in [4.78, 5) is 28.7. The fourth-order valence-corrected chi connectivity index (χ4v) is 4.03. The molecular weight excluding hydrogens is 366 g/mol. The van der Waals surface area contributed by atoms with Gasteiger partial charge in [0, 0.05) is 25.7 Å². The second-order valence-electron chi connectivity index (χ2n) is 7.90. The van der Waals surface area contributed by atoms with E-state index in [-0.39, 0.29) is 31.0 Å². The number of amides is 1. The Balaban J connectivity index is 1.28. The summed E-state index contributed by atoms with van der Waals surface area (Å²) >= 11 is 0. The van der Waals surface area contributed by atoms with Crippen LogP contribution in [0.3, 0.4) is 0 Å². The van der Waals surface area contributed by atoms with Crippen LogP contribution in [-0.2, 0) is 16.1 Å². The molecule has 0 unspecified atom stereocenters. The van der Waals surface area contributed by atoms with E-state index in [9.17, 15) is 9.59 Å². The van der Waals surface area contributed by atoms with Crippen LogP contribution in [0.4, 0.5) is 5.69 Å². The topological polar surface area (TPSA) is 61.9 Å². The summed E-state index contributed by atoms with van der Waals surface area (Å²) in [6.07, 6.45) is 1.88. The van der Waals surface area contributed by atoms with Gasteiger partial charge >= 0.3 is 5.97 Å². The van der Waals surface area contributed by atoms with E-state index in [0.29, 0.717) is 5.75 Å². The van der Waals surface area contributed by atoms with Gasteiger partial charge in [-0.25, -0.2) is 4.79 Å². The third kappa shape index (κ3) is 4.95. The number of hydrogen-bond acceptors (Lipinski definition) is 5. The SMILES string of the molecule is Cc1ccc2c(c1)OC(=O)CN2CC(=O)NC1CCN(Cc2ccccc2)CC1. The molecule has 1 amide bonds. The molecule has 1 fully saturated rings. The van der Waals surface area contributed by atoms with Crippen LogP contribution in [0, 0.1) is 6.92 Å². The molecule has 6 heteroatoms. The van der Waals surface area contributed by atoms with Gasteiger partial charge in [0.05, 0.1) is 12.2 Å². The van der Waals surface area contributed by atoms with E-state index >= 15 is 0 Å². The number of fused-ring (bicyclic) bond motifs is 1. The van der Waals surface area contributed by atoms with Gasteiger partial charge in [-0.05, 0) is 43.0 Å². The Hall–Kier alpha value is -2.86. The molecule has 1 saturated heterocycles. The van der Waals surface area contributed by atoms with Gasteiger partial charge in [-0.15, -0.1) is 0 Å². The predicted molar refractivity (Wildman–Crippen MR) is 112 cm³/mol. The van der Waals surface area contributed by atoms with Gasteiger partial charge in [0.1, 0.15) is 6.54 Å². The number of esters is 1. The molecule has 4 rings (SSSR count). The third-order valence-corrected chi connectivity index (χ3v) is 5.54. The molecule has 2 aromatic carbocycles. The number of carbonyl (C=O) groups excluding carboxylic acids is 2. The van der Waals surface area contributed by atoms with Crippen LogP contribution >= 0.6 is 0 Å². The van der Waals surface area contributed by atoms with Crippen LogP contribution in [0.2, 0.25) is 0 Å². The lowest BCUT2D eigenvalue weighted by Gasteiger charge is -2.33. The van der Waals surface area contributed by atoms with E-state index in [2.05, 4.69) is 34.5 Å². The molecule has 0 saturated carbocycles. The second-order valence-corrected chi connectivity index (χ2v) is 7.90. The molecule has 29 heavy (non-hydrogen) atoms. The molecule has 0 aliphatic carbocycles. The number of ether oxygens (including phenoxy) is 1. The summed E-state index contributed by atoms with van der Waals surface area (Å²) in [5.41, 5.74) is 3.13. The molecule has 0 radical (unpaired) electrons. The number of anilines is 1. The summed E-state index contributed by atoms with van der Waals surface area (Å²) < 4.78 is 5.32. The van der Waals surface area contributed by atoms with E-state index in [4.69, 9.17) is 4.74 Å². The normalized spacial score (nSPS) is 17.6. The number of nitrogens with zero attached hydrogens (tertiary/aromatic N) is 2. The van der Waals surface area contributed by atoms with Crippen molar-refractivity contribution in [2.24, 2.45) is 0 Å². The number of hydrogen-bond donors (Lipinski definition) is 1. The lowest BCUT2D eigenvalue weighted by atomic mass is 10.0. The summed E-state index contributed by atoms with van der Waals surface area (Å²) in [5, 5.41) is 3.15. The number of carbonyl (C=O) groups is 2. The quantitative estimate of drug-likeness (QED) is 0.625. The van der Waals surface area contributed by atoms with Gasteiger partial charge in [0.25, 0.3) is 0 Å². The molecular formula is C23H27N3O3. The highest BCUT2D eigenvalue weighted by Crippen LogP contribution is 2.32. The first-order valence-corrected chi connectivity index (χ1v) is 10.2. The average Bonchev–Trinajstić information content (AvgIpc) is 2.70. The first kappa shape index (κ1) is 19.5. The summed E-state index contributed by atoms with van der Waals surface area (Å²) in [5.74, 6) is 0.154. The van der Waals surface area contributed by atoms with Crippen LogP contribution < -0.4 is 15.0 Å². The lowest BCUT2D eigenvalue weighted by Crippen LogP contribution is -2.49. The minimum atomic E-state index is -0.329. The van der Waals surface area contributed by atoms with Gasteiger partial charge in [-0.3, -0.25) is 9.69 Å². The van der Waals surface area contributed by atoms with Crippen molar-refractivity contribution in [3.63, 3.8) is 0 Å². The Morgan fingerprint density at radius 2 is 1.90 bits per heavy atom. The van der Waals surface area contributed by atoms with Crippen molar-refractivity contribution in [2.75, 3.05) is 31.1 Å². The van der Waals surface area contributed by atoms with Gasteiger partial charge in [-0.1, -0.05) is 36.4 Å². The molecule has 2 heterocycles. The predicted octanol–water partition coefficient (Wildman–Crippen LogP) is 2.50. The molecule has 0 atom stereocenters. The Kier molecular flexibility index (Phi) is 5.81. The first-order valence-electron chi connectivity index (χ1n) is 10.2. The van der Waals surface area contributed by atoms with Gasteiger partial charge in [-0.2, -0.15) is 0 Å². The molecule has 0 bridgehead atoms. The third-order valence-electron chi connectivity index (χ3n) is 5.54. The van der Waals surface area contributed by atoms with Crippen molar-refractivity contribution in [1.82, 2.24) is 10.2 Å². The van der Waals surface area contributed by atoms with E-state index in [1.165, 1.54) is 5.56 Å². The Bertz CT molecular complexity index is 876. The maximum absolute atomic E-state index is 12.6. The highest BCUT2D eigenvalue weighted by Gasteiger charge is 2.27. The Morgan fingerprint density at radius 1 is 1.14 bits per heavy atom. The minimum absolute atomic E-state index is 0.0484. The van der Waals surface area contributed by atoms with E-state index < -0.39 is 0 Å². The second kappa shape index (κ2) is 8.66. The number of piperidine rings is 1. The Labute approximate surface area is 171 Å². The highest BCUT2D eigenvalue weighted by molar-refractivity contribution is 5.89. The fraction of sp³-hybridized carbons (Fsp3) is 0.391. The van der Waals surface area contributed by atoms with Crippen LogP contribution in [-0.4, -0.2) is 49.0 Å². The van der Waals surface area contributed by atoms with Crippen molar-refractivity contribution < 1.29 is 14.3 Å². The number of nitrogens with one attached hydrogen (secondary N) is 1. The number of likely N-dealkylation sites (tertiary alicyclic amines) is 1. The number of benzene rings is 2.